The number of hydrogen-bond donors (Lipinski definition) is 3. The summed E-state index contributed by atoms with van der Waals surface area (Å²) < 4.78 is 0. The Labute approximate surface area is 170 Å². The van der Waals surface area contributed by atoms with E-state index in [2.05, 4.69) is 76.2 Å². The van der Waals surface area contributed by atoms with Gasteiger partial charge >= 0.3 is 0 Å². The topological polar surface area (TPSA) is 52.2 Å². The summed E-state index contributed by atoms with van der Waals surface area (Å²) in [4.78, 5) is 9.13. The number of aromatic amines is 1. The molecule has 0 radical (unpaired) electrons. The molecule has 134 valence electrons. The number of halogens is 1. The van der Waals surface area contributed by atoms with Gasteiger partial charge in [-0.05, 0) is 29.0 Å². The van der Waals surface area contributed by atoms with E-state index in [9.17, 15) is 0 Å². The average molecular weight is 468 g/mol. The standard InChI is InChI=1S/C19H24N4S.HI/c1-19(2,17-9-6-10-24-17)13-22-18(20-3)21-12-15-11-14-7-4-5-8-16(14)23-15;/h4-11,23H,12-13H2,1-3H3,(H2,20,21,22);1H. The van der Waals surface area contributed by atoms with Crippen molar-refractivity contribution >= 4 is 52.2 Å². The number of H-pyrrole nitrogens is 1. The van der Waals surface area contributed by atoms with Gasteiger partial charge in [-0.1, -0.05) is 38.1 Å². The van der Waals surface area contributed by atoms with Gasteiger partial charge in [0.15, 0.2) is 5.96 Å². The van der Waals surface area contributed by atoms with E-state index in [1.807, 2.05) is 6.07 Å². The Morgan fingerprint density at radius 3 is 2.64 bits per heavy atom. The van der Waals surface area contributed by atoms with Crippen molar-refractivity contribution in [3.05, 3.63) is 58.4 Å². The third kappa shape index (κ3) is 4.98. The number of fused-ring (bicyclic) bond motifs is 1. The summed E-state index contributed by atoms with van der Waals surface area (Å²) in [6, 6.07) is 14.8. The van der Waals surface area contributed by atoms with Crippen LogP contribution in [0.1, 0.15) is 24.4 Å². The number of rotatable bonds is 5. The largest absolute Gasteiger partial charge is 0.357 e. The van der Waals surface area contributed by atoms with Gasteiger partial charge in [-0.15, -0.1) is 35.3 Å². The molecule has 0 aliphatic rings. The third-order valence-corrected chi connectivity index (χ3v) is 5.38. The number of nitrogens with zero attached hydrogens (tertiary/aromatic N) is 1. The minimum absolute atomic E-state index is 0. The molecule has 2 heterocycles. The van der Waals surface area contributed by atoms with Gasteiger partial charge in [0.25, 0.3) is 0 Å². The lowest BCUT2D eigenvalue weighted by atomic mass is 9.91. The van der Waals surface area contributed by atoms with E-state index >= 15 is 0 Å². The molecule has 0 aliphatic heterocycles. The highest BCUT2D eigenvalue weighted by molar-refractivity contribution is 14.0. The van der Waals surface area contributed by atoms with Crippen LogP contribution in [-0.4, -0.2) is 24.5 Å². The Morgan fingerprint density at radius 1 is 1.16 bits per heavy atom. The van der Waals surface area contributed by atoms with Crippen molar-refractivity contribution in [3.63, 3.8) is 0 Å². The number of guanidine groups is 1. The average Bonchev–Trinajstić information content (AvgIpc) is 3.24. The summed E-state index contributed by atoms with van der Waals surface area (Å²) in [6.07, 6.45) is 0. The lowest BCUT2D eigenvalue weighted by Crippen LogP contribution is -2.43. The van der Waals surface area contributed by atoms with E-state index < -0.39 is 0 Å². The molecule has 6 heteroatoms. The van der Waals surface area contributed by atoms with E-state index in [4.69, 9.17) is 0 Å². The van der Waals surface area contributed by atoms with Crippen LogP contribution >= 0.6 is 35.3 Å². The first-order chi connectivity index (χ1) is 11.6. The number of aromatic nitrogens is 1. The molecule has 0 fully saturated rings. The van der Waals surface area contributed by atoms with Crippen LogP contribution in [-0.2, 0) is 12.0 Å². The van der Waals surface area contributed by atoms with Gasteiger partial charge in [0.1, 0.15) is 0 Å². The summed E-state index contributed by atoms with van der Waals surface area (Å²) >= 11 is 1.80. The fraction of sp³-hybridized carbons (Fsp3) is 0.316. The monoisotopic (exact) mass is 468 g/mol. The van der Waals surface area contributed by atoms with E-state index in [0.29, 0.717) is 6.54 Å². The highest BCUT2D eigenvalue weighted by Gasteiger charge is 2.21. The molecular weight excluding hydrogens is 443 g/mol. The zero-order valence-corrected chi connectivity index (χ0v) is 17.9. The molecule has 3 aromatic rings. The molecule has 0 aliphatic carbocycles. The number of benzene rings is 1. The maximum atomic E-state index is 4.33. The zero-order chi connectivity index (χ0) is 17.0. The Morgan fingerprint density at radius 2 is 1.96 bits per heavy atom. The van der Waals surface area contributed by atoms with Crippen molar-refractivity contribution in [2.45, 2.75) is 25.8 Å². The number of nitrogens with one attached hydrogen (secondary N) is 3. The number of thiophene rings is 1. The fourth-order valence-electron chi connectivity index (χ4n) is 2.68. The van der Waals surface area contributed by atoms with Crippen molar-refractivity contribution in [2.75, 3.05) is 13.6 Å². The Bertz CT molecular complexity index is 788. The molecule has 1 aromatic carbocycles. The Kier molecular flexibility index (Phi) is 6.89. The number of para-hydroxylation sites is 1. The molecular formula is C19H25IN4S. The molecule has 0 unspecified atom stereocenters. The maximum absolute atomic E-state index is 4.33. The minimum Gasteiger partial charge on any atom is -0.357 e. The van der Waals surface area contributed by atoms with E-state index in [1.165, 1.54) is 10.3 Å². The summed E-state index contributed by atoms with van der Waals surface area (Å²) in [5, 5.41) is 10.2. The molecule has 0 saturated heterocycles. The first kappa shape index (κ1) is 19.8. The van der Waals surface area contributed by atoms with Gasteiger partial charge in [0.05, 0.1) is 6.54 Å². The quantitative estimate of drug-likeness (QED) is 0.294. The van der Waals surface area contributed by atoms with E-state index in [-0.39, 0.29) is 29.4 Å². The number of aliphatic imine (C=N–C) groups is 1. The molecule has 3 N–H and O–H groups in total. The van der Waals surface area contributed by atoms with Crippen LogP contribution in [0.25, 0.3) is 10.9 Å². The SMILES string of the molecule is CN=C(NCc1cc2ccccc2[nH]1)NCC(C)(C)c1cccs1.I. The van der Waals surface area contributed by atoms with Gasteiger partial charge in [-0.2, -0.15) is 0 Å². The van der Waals surface area contributed by atoms with Crippen LogP contribution in [0.5, 0.6) is 0 Å². The van der Waals surface area contributed by atoms with E-state index in [0.717, 1.165) is 23.7 Å². The summed E-state index contributed by atoms with van der Waals surface area (Å²) in [7, 11) is 1.80. The molecule has 0 spiro atoms. The van der Waals surface area contributed by atoms with Gasteiger partial charge in [-0.25, -0.2) is 0 Å². The molecule has 0 amide bonds. The van der Waals surface area contributed by atoms with Gasteiger partial charge in [-0.3, -0.25) is 4.99 Å². The molecule has 25 heavy (non-hydrogen) atoms. The van der Waals surface area contributed by atoms with E-state index in [1.54, 1.807) is 18.4 Å². The Hall–Kier alpha value is -1.54. The van der Waals surface area contributed by atoms with Crippen LogP contribution in [0, 0.1) is 0 Å². The van der Waals surface area contributed by atoms with Crippen molar-refractivity contribution in [1.29, 1.82) is 0 Å². The molecule has 0 bridgehead atoms. The highest BCUT2D eigenvalue weighted by atomic mass is 127. The molecule has 4 nitrogen and oxygen atoms in total. The fourth-order valence-corrected chi connectivity index (χ4v) is 3.54. The van der Waals surface area contributed by atoms with Crippen LogP contribution in [0.15, 0.2) is 52.8 Å². The van der Waals surface area contributed by atoms with Crippen molar-refractivity contribution in [1.82, 2.24) is 15.6 Å². The smallest absolute Gasteiger partial charge is 0.191 e. The second-order valence-electron chi connectivity index (χ2n) is 6.52. The van der Waals surface area contributed by atoms with Crippen LogP contribution in [0.3, 0.4) is 0 Å². The normalized spacial score (nSPS) is 12.0. The van der Waals surface area contributed by atoms with Crippen molar-refractivity contribution in [2.24, 2.45) is 4.99 Å². The predicted octanol–water partition coefficient (Wildman–Crippen LogP) is 4.49. The molecule has 3 rings (SSSR count). The Balaban J connectivity index is 0.00000225. The van der Waals surface area contributed by atoms with Crippen molar-refractivity contribution in [3.8, 4) is 0 Å². The first-order valence-electron chi connectivity index (χ1n) is 8.13. The van der Waals surface area contributed by atoms with Crippen LogP contribution in [0.4, 0.5) is 0 Å². The van der Waals surface area contributed by atoms with Gasteiger partial charge < -0.3 is 15.6 Å². The van der Waals surface area contributed by atoms with Crippen LogP contribution < -0.4 is 10.6 Å². The first-order valence-corrected chi connectivity index (χ1v) is 9.01. The minimum atomic E-state index is 0. The highest BCUT2D eigenvalue weighted by Crippen LogP contribution is 2.26. The molecule has 0 atom stereocenters. The summed E-state index contributed by atoms with van der Waals surface area (Å²) in [6.45, 7) is 6.04. The second-order valence-corrected chi connectivity index (χ2v) is 7.47. The summed E-state index contributed by atoms with van der Waals surface area (Å²) in [5.74, 6) is 0.818. The maximum Gasteiger partial charge on any atom is 0.191 e. The van der Waals surface area contributed by atoms with Crippen molar-refractivity contribution < 1.29 is 0 Å². The molecule has 2 aromatic heterocycles. The number of hydrogen-bond acceptors (Lipinski definition) is 2. The summed E-state index contributed by atoms with van der Waals surface area (Å²) in [5.41, 5.74) is 2.39. The zero-order valence-electron chi connectivity index (χ0n) is 14.8. The lowest BCUT2D eigenvalue weighted by molar-refractivity contribution is 0.518. The van der Waals surface area contributed by atoms with Gasteiger partial charge in [0, 0.05) is 35.1 Å². The lowest BCUT2D eigenvalue weighted by Gasteiger charge is -2.25. The second kappa shape index (κ2) is 8.71. The van der Waals surface area contributed by atoms with Crippen LogP contribution in [0.2, 0.25) is 0 Å². The van der Waals surface area contributed by atoms with Gasteiger partial charge in [0.2, 0.25) is 0 Å². The predicted molar refractivity (Wildman–Crippen MR) is 119 cm³/mol. The molecule has 0 saturated carbocycles. The third-order valence-electron chi connectivity index (χ3n) is 4.14.